The molecular weight excluding hydrogens is 453 g/mol. The van der Waals surface area contributed by atoms with E-state index in [1.54, 1.807) is 6.07 Å². The van der Waals surface area contributed by atoms with Crippen LogP contribution in [0.4, 0.5) is 10.1 Å². The van der Waals surface area contributed by atoms with Crippen LogP contribution in [-0.4, -0.2) is 58.3 Å². The predicted molar refractivity (Wildman–Crippen MR) is 142 cm³/mol. The Morgan fingerprint density at radius 2 is 2.00 bits per heavy atom. The van der Waals surface area contributed by atoms with E-state index < -0.39 is 6.67 Å². The van der Waals surface area contributed by atoms with Crippen LogP contribution in [-0.2, 0) is 13.2 Å². The van der Waals surface area contributed by atoms with Crippen LogP contribution in [0.25, 0.3) is 16.9 Å². The molecule has 1 saturated heterocycles. The Kier molecular flexibility index (Phi) is 6.85. The maximum absolute atomic E-state index is 13.9. The number of carbonyl (C=O) groups excluding carboxylic acids is 1. The van der Waals surface area contributed by atoms with E-state index >= 15 is 0 Å². The van der Waals surface area contributed by atoms with E-state index in [1.165, 1.54) is 0 Å². The van der Waals surface area contributed by atoms with Gasteiger partial charge in [0.1, 0.15) is 12.3 Å². The van der Waals surface area contributed by atoms with Gasteiger partial charge in [-0.1, -0.05) is 18.2 Å². The third-order valence-corrected chi connectivity index (χ3v) is 7.17. The number of alkyl halides is 1. The highest BCUT2D eigenvalue weighted by Crippen LogP contribution is 2.27. The fourth-order valence-corrected chi connectivity index (χ4v) is 4.97. The van der Waals surface area contributed by atoms with E-state index in [0.29, 0.717) is 22.9 Å². The molecule has 36 heavy (non-hydrogen) atoms. The summed E-state index contributed by atoms with van der Waals surface area (Å²) in [6.07, 6.45) is 4.92. The number of amides is 1. The molecule has 1 fully saturated rings. The van der Waals surface area contributed by atoms with Gasteiger partial charge in [0.05, 0.1) is 11.9 Å². The average molecular weight is 486 g/mol. The average Bonchev–Trinajstić information content (AvgIpc) is 3.53. The van der Waals surface area contributed by atoms with Gasteiger partial charge in [0, 0.05) is 48.7 Å². The summed E-state index contributed by atoms with van der Waals surface area (Å²) in [6, 6.07) is 17.6. The second kappa shape index (κ2) is 10.2. The molecule has 3 heterocycles. The van der Waals surface area contributed by atoms with E-state index in [0.717, 1.165) is 54.1 Å². The number of benzene rings is 2. The number of aryl methyl sites for hydroxylation is 1. The van der Waals surface area contributed by atoms with Crippen LogP contribution in [0.15, 0.2) is 67.0 Å². The van der Waals surface area contributed by atoms with Gasteiger partial charge in [0.25, 0.3) is 5.91 Å². The van der Waals surface area contributed by atoms with Crippen molar-refractivity contribution in [1.82, 2.24) is 19.2 Å². The molecule has 4 aromatic rings. The summed E-state index contributed by atoms with van der Waals surface area (Å²) in [6.45, 7) is 4.17. The minimum atomic E-state index is -0.563. The lowest BCUT2D eigenvalue weighted by Crippen LogP contribution is -2.31. The van der Waals surface area contributed by atoms with Crippen molar-refractivity contribution in [2.24, 2.45) is 0 Å². The smallest absolute Gasteiger partial charge is 0.255 e. The number of likely N-dealkylation sites (N-methyl/N-ethyl adjacent to an activating group) is 1. The molecule has 1 aliphatic heterocycles. The van der Waals surface area contributed by atoms with Gasteiger partial charge in [0.15, 0.2) is 0 Å². The number of pyridine rings is 1. The van der Waals surface area contributed by atoms with E-state index in [2.05, 4.69) is 34.2 Å². The number of hydrogen-bond acceptors (Lipinski definition) is 4. The molecule has 0 unspecified atom stereocenters. The molecular formula is C29H32FN5O. The Bertz CT molecular complexity index is 1400. The Morgan fingerprint density at radius 1 is 1.14 bits per heavy atom. The Morgan fingerprint density at radius 3 is 2.78 bits per heavy atom. The second-order valence-electron chi connectivity index (χ2n) is 9.81. The molecule has 2 aromatic carbocycles. The zero-order valence-corrected chi connectivity index (χ0v) is 21.0. The predicted octanol–water partition coefficient (Wildman–Crippen LogP) is 5.17. The minimum Gasteiger partial charge on any atom is -0.322 e. The standard InChI is InChI=1S/C29H32FN5O/c1-20-7-8-21(15-26(20)27-17-31-28-6-4-5-12-35(27)28)29(36)32-24-10-9-22(23(14-24)16-30)18-34-13-11-25(19-34)33(2)3/h4-10,12,14-15,17,25H,11,13,16,18-19H2,1-3H3,(H,32,36)/t25-/m1/s1. The third-order valence-electron chi connectivity index (χ3n) is 7.17. The maximum Gasteiger partial charge on any atom is 0.255 e. The SMILES string of the molecule is Cc1ccc(C(=O)Nc2ccc(CN3CC[C@@H](N(C)C)C3)c(CF)c2)cc1-c1cnc2ccccn12. The van der Waals surface area contributed by atoms with Crippen molar-refractivity contribution >= 4 is 17.2 Å². The first-order chi connectivity index (χ1) is 17.4. The second-order valence-corrected chi connectivity index (χ2v) is 9.81. The first kappa shape index (κ1) is 24.2. The van der Waals surface area contributed by atoms with E-state index in [4.69, 9.17) is 0 Å². The number of fused-ring (bicyclic) bond motifs is 1. The highest BCUT2D eigenvalue weighted by Gasteiger charge is 2.24. The number of likely N-dealkylation sites (tertiary alicyclic amines) is 1. The molecule has 1 N–H and O–H groups in total. The Balaban J connectivity index is 1.33. The highest BCUT2D eigenvalue weighted by atomic mass is 19.1. The molecule has 186 valence electrons. The van der Waals surface area contributed by atoms with Crippen LogP contribution in [0.5, 0.6) is 0 Å². The normalized spacial score (nSPS) is 16.2. The van der Waals surface area contributed by atoms with E-state index in [9.17, 15) is 9.18 Å². The summed E-state index contributed by atoms with van der Waals surface area (Å²) < 4.78 is 16.0. The zero-order valence-electron chi connectivity index (χ0n) is 21.0. The van der Waals surface area contributed by atoms with Gasteiger partial charge in [-0.15, -0.1) is 0 Å². The molecule has 0 saturated carbocycles. The van der Waals surface area contributed by atoms with Crippen molar-refractivity contribution in [3.8, 4) is 11.3 Å². The van der Waals surface area contributed by atoms with Gasteiger partial charge >= 0.3 is 0 Å². The molecule has 0 radical (unpaired) electrons. The lowest BCUT2D eigenvalue weighted by Gasteiger charge is -2.21. The van der Waals surface area contributed by atoms with Crippen LogP contribution < -0.4 is 5.32 Å². The number of hydrogen-bond donors (Lipinski definition) is 1. The topological polar surface area (TPSA) is 52.9 Å². The Labute approximate surface area is 211 Å². The van der Waals surface area contributed by atoms with Gasteiger partial charge in [0.2, 0.25) is 0 Å². The van der Waals surface area contributed by atoms with E-state index in [-0.39, 0.29) is 5.91 Å². The van der Waals surface area contributed by atoms with Crippen molar-refractivity contribution in [1.29, 1.82) is 0 Å². The molecule has 0 aliphatic carbocycles. The fourth-order valence-electron chi connectivity index (χ4n) is 4.97. The number of carbonyl (C=O) groups is 1. The molecule has 1 aliphatic rings. The molecule has 6 nitrogen and oxygen atoms in total. The number of imidazole rings is 1. The van der Waals surface area contributed by atoms with Crippen molar-refractivity contribution in [3.05, 3.63) is 89.2 Å². The van der Waals surface area contributed by atoms with Crippen LogP contribution in [0.2, 0.25) is 0 Å². The fraction of sp³-hybridized carbons (Fsp3) is 0.310. The monoisotopic (exact) mass is 485 g/mol. The molecule has 7 heteroatoms. The molecule has 1 atom stereocenters. The van der Waals surface area contributed by atoms with Crippen molar-refractivity contribution < 1.29 is 9.18 Å². The highest BCUT2D eigenvalue weighted by molar-refractivity contribution is 6.05. The van der Waals surface area contributed by atoms with Gasteiger partial charge in [-0.05, 0) is 80.5 Å². The quantitative estimate of drug-likeness (QED) is 0.393. The zero-order chi connectivity index (χ0) is 25.2. The lowest BCUT2D eigenvalue weighted by atomic mass is 10.0. The van der Waals surface area contributed by atoms with Gasteiger partial charge in [-0.3, -0.25) is 14.1 Å². The van der Waals surface area contributed by atoms with Crippen LogP contribution in [0.3, 0.4) is 0 Å². The van der Waals surface area contributed by atoms with Crippen molar-refractivity contribution in [2.45, 2.75) is 32.6 Å². The largest absolute Gasteiger partial charge is 0.322 e. The number of rotatable bonds is 7. The number of aromatic nitrogens is 2. The Hall–Kier alpha value is -3.55. The summed E-state index contributed by atoms with van der Waals surface area (Å²) in [5.74, 6) is -0.226. The number of anilines is 1. The summed E-state index contributed by atoms with van der Waals surface area (Å²) in [7, 11) is 4.21. The number of nitrogens with one attached hydrogen (secondary N) is 1. The first-order valence-electron chi connectivity index (χ1n) is 12.3. The molecule has 2 aromatic heterocycles. The van der Waals surface area contributed by atoms with Crippen molar-refractivity contribution in [2.75, 3.05) is 32.5 Å². The van der Waals surface area contributed by atoms with Gasteiger partial charge in [-0.2, -0.15) is 0 Å². The molecule has 0 bridgehead atoms. The van der Waals surface area contributed by atoms with Crippen molar-refractivity contribution in [3.63, 3.8) is 0 Å². The minimum absolute atomic E-state index is 0.226. The summed E-state index contributed by atoms with van der Waals surface area (Å²) in [4.78, 5) is 22.2. The van der Waals surface area contributed by atoms with Crippen LogP contribution in [0, 0.1) is 6.92 Å². The summed E-state index contributed by atoms with van der Waals surface area (Å²) in [5.41, 5.74) is 6.52. The number of nitrogens with zero attached hydrogens (tertiary/aromatic N) is 4. The van der Waals surface area contributed by atoms with E-state index in [1.807, 2.05) is 72.2 Å². The summed E-state index contributed by atoms with van der Waals surface area (Å²) >= 11 is 0. The molecule has 0 spiro atoms. The third kappa shape index (κ3) is 4.90. The molecule has 1 amide bonds. The first-order valence-corrected chi connectivity index (χ1v) is 12.3. The maximum atomic E-state index is 13.9. The van der Waals surface area contributed by atoms with Gasteiger partial charge in [-0.25, -0.2) is 9.37 Å². The molecule has 5 rings (SSSR count). The van der Waals surface area contributed by atoms with Gasteiger partial charge < -0.3 is 10.2 Å². The lowest BCUT2D eigenvalue weighted by molar-refractivity contribution is 0.102. The summed E-state index contributed by atoms with van der Waals surface area (Å²) in [5, 5.41) is 2.96. The van der Waals surface area contributed by atoms with Crippen LogP contribution >= 0.6 is 0 Å². The van der Waals surface area contributed by atoms with Crippen LogP contribution in [0.1, 0.15) is 33.5 Å². The number of halogens is 1.